The van der Waals surface area contributed by atoms with Gasteiger partial charge in [-0.15, -0.1) is 10.2 Å². The van der Waals surface area contributed by atoms with Crippen LogP contribution in [0.2, 0.25) is 0 Å². The van der Waals surface area contributed by atoms with E-state index in [0.717, 1.165) is 50.7 Å². The Hall–Kier alpha value is -2.04. The van der Waals surface area contributed by atoms with Gasteiger partial charge in [-0.2, -0.15) is 4.31 Å². The average Bonchev–Trinajstić information content (AvgIpc) is 3.37. The lowest BCUT2D eigenvalue weighted by molar-refractivity contribution is 0.222. The summed E-state index contributed by atoms with van der Waals surface area (Å²) in [7, 11) is -1.49. The highest BCUT2D eigenvalue weighted by atomic mass is 32.2. The van der Waals surface area contributed by atoms with Gasteiger partial charge in [-0.05, 0) is 37.9 Å². The Balaban J connectivity index is 1.53. The number of hydrogen-bond acceptors (Lipinski definition) is 7. The molecule has 0 saturated carbocycles. The number of pyridine rings is 1. The summed E-state index contributed by atoms with van der Waals surface area (Å²) in [6.45, 7) is 8.63. The number of anilines is 1. The van der Waals surface area contributed by atoms with Crippen molar-refractivity contribution >= 4 is 15.8 Å². The summed E-state index contributed by atoms with van der Waals surface area (Å²) in [6.07, 6.45) is 5.32. The van der Waals surface area contributed by atoms with E-state index in [1.54, 1.807) is 16.7 Å². The second kappa shape index (κ2) is 8.60. The van der Waals surface area contributed by atoms with Crippen molar-refractivity contribution in [3.63, 3.8) is 0 Å². The molecule has 2 aromatic rings. The van der Waals surface area contributed by atoms with Gasteiger partial charge in [-0.1, -0.05) is 13.8 Å². The Bertz CT molecular complexity index is 950. The van der Waals surface area contributed by atoms with Gasteiger partial charge in [0.2, 0.25) is 10.0 Å². The molecule has 0 bridgehead atoms. The largest absolute Gasteiger partial charge is 0.346 e. The van der Waals surface area contributed by atoms with E-state index in [1.165, 1.54) is 6.20 Å². The summed E-state index contributed by atoms with van der Waals surface area (Å²) in [5, 5.41) is 8.52. The van der Waals surface area contributed by atoms with Crippen LogP contribution in [0.3, 0.4) is 0 Å². The Morgan fingerprint density at radius 3 is 2.57 bits per heavy atom. The van der Waals surface area contributed by atoms with E-state index < -0.39 is 10.0 Å². The Morgan fingerprint density at radius 1 is 1.13 bits per heavy atom. The van der Waals surface area contributed by atoms with Gasteiger partial charge in [0.25, 0.3) is 0 Å². The van der Waals surface area contributed by atoms with Crippen molar-refractivity contribution in [2.45, 2.75) is 44.2 Å². The summed E-state index contributed by atoms with van der Waals surface area (Å²) in [5.74, 6) is 2.25. The maximum Gasteiger partial charge on any atom is 0.244 e. The normalized spacial score (nSPS) is 21.6. The SMILES string of the molecule is CC(C)Cn1cnnc1C1CCCN1c1ccc(S(=O)(=O)N2CCN(C)CC2)cn1. The quantitative estimate of drug-likeness (QED) is 0.684. The lowest BCUT2D eigenvalue weighted by atomic mass is 10.2. The van der Waals surface area contributed by atoms with Crippen LogP contribution in [-0.2, 0) is 16.6 Å². The first-order valence-corrected chi connectivity index (χ1v) is 12.1. The Morgan fingerprint density at radius 2 is 1.90 bits per heavy atom. The van der Waals surface area contributed by atoms with Gasteiger partial charge < -0.3 is 14.4 Å². The molecule has 2 fully saturated rings. The topological polar surface area (TPSA) is 87.5 Å². The number of piperazine rings is 1. The van der Waals surface area contributed by atoms with Crippen LogP contribution in [-0.4, -0.2) is 77.1 Å². The molecule has 2 saturated heterocycles. The molecule has 1 unspecified atom stereocenters. The van der Waals surface area contributed by atoms with E-state index in [-0.39, 0.29) is 10.9 Å². The molecule has 1 atom stereocenters. The molecule has 164 valence electrons. The average molecular weight is 434 g/mol. The molecule has 2 aliphatic heterocycles. The minimum Gasteiger partial charge on any atom is -0.346 e. The molecule has 2 aromatic heterocycles. The van der Waals surface area contributed by atoms with Crippen molar-refractivity contribution in [3.8, 4) is 0 Å². The molecule has 0 aliphatic carbocycles. The van der Waals surface area contributed by atoms with Crippen molar-refractivity contribution in [3.05, 3.63) is 30.5 Å². The van der Waals surface area contributed by atoms with Gasteiger partial charge in [-0.25, -0.2) is 13.4 Å². The maximum atomic E-state index is 13.0. The molecule has 9 nitrogen and oxygen atoms in total. The third-order valence-corrected chi connectivity index (χ3v) is 7.76. The van der Waals surface area contributed by atoms with Gasteiger partial charge in [0.1, 0.15) is 17.0 Å². The monoisotopic (exact) mass is 433 g/mol. The van der Waals surface area contributed by atoms with Crippen LogP contribution in [0.1, 0.15) is 38.6 Å². The first-order chi connectivity index (χ1) is 14.4. The van der Waals surface area contributed by atoms with Crippen LogP contribution >= 0.6 is 0 Å². The summed E-state index contributed by atoms with van der Waals surface area (Å²) in [6, 6.07) is 3.62. The standard InChI is InChI=1S/C20H31N7O2S/c1-16(2)14-25-15-22-23-20(25)18-5-4-8-27(18)19-7-6-17(13-21-19)30(28,29)26-11-9-24(3)10-12-26/h6-7,13,15-16,18H,4-5,8-12,14H2,1-3H3. The zero-order chi connectivity index (χ0) is 21.3. The molecule has 10 heteroatoms. The summed E-state index contributed by atoms with van der Waals surface area (Å²) >= 11 is 0. The van der Waals surface area contributed by atoms with Gasteiger partial charge in [-0.3, -0.25) is 0 Å². The first-order valence-electron chi connectivity index (χ1n) is 10.7. The summed E-state index contributed by atoms with van der Waals surface area (Å²) in [5.41, 5.74) is 0. The van der Waals surface area contributed by atoms with Crippen LogP contribution in [0.5, 0.6) is 0 Å². The zero-order valence-corrected chi connectivity index (χ0v) is 18.8. The molecule has 4 rings (SSSR count). The van der Waals surface area contributed by atoms with E-state index in [0.29, 0.717) is 19.0 Å². The minimum absolute atomic E-state index is 0.110. The van der Waals surface area contributed by atoms with Crippen LogP contribution in [0.4, 0.5) is 5.82 Å². The van der Waals surface area contributed by atoms with Gasteiger partial charge in [0, 0.05) is 45.5 Å². The van der Waals surface area contributed by atoms with Crippen molar-refractivity contribution in [2.75, 3.05) is 44.7 Å². The predicted molar refractivity (Wildman–Crippen MR) is 115 cm³/mol. The number of sulfonamides is 1. The molecule has 0 radical (unpaired) electrons. The lowest BCUT2D eigenvalue weighted by Gasteiger charge is -2.31. The van der Waals surface area contributed by atoms with Crippen LogP contribution < -0.4 is 4.90 Å². The number of nitrogens with zero attached hydrogens (tertiary/aromatic N) is 7. The summed E-state index contributed by atoms with van der Waals surface area (Å²) < 4.78 is 29.6. The van der Waals surface area contributed by atoms with Crippen molar-refractivity contribution in [1.82, 2.24) is 29.0 Å². The second-order valence-corrected chi connectivity index (χ2v) is 10.6. The fourth-order valence-corrected chi connectivity index (χ4v) is 5.61. The van der Waals surface area contributed by atoms with E-state index >= 15 is 0 Å². The summed E-state index contributed by atoms with van der Waals surface area (Å²) in [4.78, 5) is 9.15. The number of rotatable bonds is 6. The van der Waals surface area contributed by atoms with Gasteiger partial charge in [0.15, 0.2) is 5.82 Å². The molecule has 4 heterocycles. The van der Waals surface area contributed by atoms with E-state index in [1.807, 2.05) is 13.1 Å². The van der Waals surface area contributed by atoms with E-state index in [9.17, 15) is 8.42 Å². The Kier molecular flexibility index (Phi) is 6.08. The molecule has 0 N–H and O–H groups in total. The molecular formula is C20H31N7O2S. The van der Waals surface area contributed by atoms with Crippen molar-refractivity contribution in [1.29, 1.82) is 0 Å². The predicted octanol–water partition coefficient (Wildman–Crippen LogP) is 1.61. The molecular weight excluding hydrogens is 402 g/mol. The Labute approximate surface area is 178 Å². The van der Waals surface area contributed by atoms with Gasteiger partial charge in [0.05, 0.1) is 6.04 Å². The second-order valence-electron chi connectivity index (χ2n) is 8.65. The molecule has 0 aromatic carbocycles. The maximum absolute atomic E-state index is 13.0. The molecule has 30 heavy (non-hydrogen) atoms. The highest BCUT2D eigenvalue weighted by Crippen LogP contribution is 2.34. The van der Waals surface area contributed by atoms with Crippen LogP contribution in [0.15, 0.2) is 29.6 Å². The van der Waals surface area contributed by atoms with Gasteiger partial charge >= 0.3 is 0 Å². The van der Waals surface area contributed by atoms with Crippen molar-refractivity contribution in [2.24, 2.45) is 5.92 Å². The zero-order valence-electron chi connectivity index (χ0n) is 18.0. The van der Waals surface area contributed by atoms with E-state index in [4.69, 9.17) is 0 Å². The molecule has 0 amide bonds. The van der Waals surface area contributed by atoms with Crippen LogP contribution in [0.25, 0.3) is 0 Å². The first kappa shape index (κ1) is 21.2. The fraction of sp³-hybridized carbons (Fsp3) is 0.650. The lowest BCUT2D eigenvalue weighted by Crippen LogP contribution is -2.47. The fourth-order valence-electron chi connectivity index (χ4n) is 4.24. The van der Waals surface area contributed by atoms with Crippen LogP contribution in [0, 0.1) is 5.92 Å². The van der Waals surface area contributed by atoms with E-state index in [2.05, 4.69) is 43.4 Å². The third kappa shape index (κ3) is 4.21. The number of aromatic nitrogens is 4. The number of hydrogen-bond donors (Lipinski definition) is 0. The highest BCUT2D eigenvalue weighted by molar-refractivity contribution is 7.89. The highest BCUT2D eigenvalue weighted by Gasteiger charge is 2.32. The molecule has 2 aliphatic rings. The molecule has 0 spiro atoms. The smallest absolute Gasteiger partial charge is 0.244 e. The third-order valence-electron chi connectivity index (χ3n) is 5.87. The number of likely N-dealkylation sites (N-methyl/N-ethyl adjacent to an activating group) is 1. The minimum atomic E-state index is -3.50. The van der Waals surface area contributed by atoms with Crippen molar-refractivity contribution < 1.29 is 8.42 Å².